The molecule has 6 aromatic rings. The lowest BCUT2D eigenvalue weighted by molar-refractivity contribution is 0.632. The molecule has 5 heteroatoms. The van der Waals surface area contributed by atoms with Gasteiger partial charge in [-0.15, -0.1) is 0 Å². The van der Waals surface area contributed by atoms with Crippen LogP contribution in [0.5, 0.6) is 0 Å². The first-order chi connectivity index (χ1) is 21.3. The quantitative estimate of drug-likeness (QED) is 0.209. The summed E-state index contributed by atoms with van der Waals surface area (Å²) in [6.45, 7) is 9.00. The van der Waals surface area contributed by atoms with E-state index in [0.717, 1.165) is 27.5 Å². The number of hydrogen-bond acceptors (Lipinski definition) is 5. The second-order valence-electron chi connectivity index (χ2n) is 12.2. The van der Waals surface area contributed by atoms with Crippen molar-refractivity contribution in [3.8, 4) is 45.8 Å². The van der Waals surface area contributed by atoms with Crippen LogP contribution in [0.2, 0.25) is 0 Å². The van der Waals surface area contributed by atoms with Crippen molar-refractivity contribution in [1.82, 2.24) is 9.97 Å². The number of benzene rings is 5. The van der Waals surface area contributed by atoms with Gasteiger partial charge in [-0.05, 0) is 76.9 Å². The molecule has 0 unspecified atom stereocenters. The molecule has 0 saturated heterocycles. The summed E-state index contributed by atoms with van der Waals surface area (Å²) in [6.07, 6.45) is 0. The van der Waals surface area contributed by atoms with Crippen LogP contribution in [0.25, 0.3) is 44.4 Å². The maximum absolute atomic E-state index is 9.58. The molecule has 0 radical (unpaired) electrons. The molecule has 5 aromatic carbocycles. The zero-order chi connectivity index (χ0) is 30.3. The summed E-state index contributed by atoms with van der Waals surface area (Å²) in [5, 5.41) is 21.3. The smallest absolute Gasteiger partial charge is 0.177 e. The summed E-state index contributed by atoms with van der Waals surface area (Å²) in [4.78, 5) is 11.6. The molecule has 1 aromatic heterocycles. The maximum atomic E-state index is 9.58. The Morgan fingerprint density at radius 2 is 1.16 bits per heavy atom. The molecule has 2 heterocycles. The van der Waals surface area contributed by atoms with Crippen molar-refractivity contribution in [3.63, 3.8) is 0 Å². The van der Waals surface area contributed by atoms with Crippen molar-refractivity contribution < 1.29 is 0 Å². The monoisotopic (exact) mass is 565 g/mol. The van der Waals surface area contributed by atoms with E-state index in [1.54, 1.807) is 0 Å². The Bertz CT molecular complexity index is 2220. The number of hydrogen-bond donors (Lipinski definition) is 0. The van der Waals surface area contributed by atoms with Gasteiger partial charge >= 0.3 is 0 Å². The third-order valence-electron chi connectivity index (χ3n) is 9.37. The van der Waals surface area contributed by atoms with E-state index in [9.17, 15) is 10.5 Å². The SMILES string of the molecule is Cc1cc(N2c3ccccc3C(C)(C)c3ccccc32)c(C)cc1-c1ccc2c3c(cccc13)-c1nc(C#N)c(C#N)nc1-2. The van der Waals surface area contributed by atoms with Crippen LogP contribution in [0.4, 0.5) is 17.1 Å². The Balaban J connectivity index is 1.32. The van der Waals surface area contributed by atoms with E-state index in [0.29, 0.717) is 11.4 Å². The summed E-state index contributed by atoms with van der Waals surface area (Å²) in [5.74, 6) is 0. The van der Waals surface area contributed by atoms with Gasteiger partial charge in [0.1, 0.15) is 12.1 Å². The highest BCUT2D eigenvalue weighted by molar-refractivity contribution is 6.17. The standard InChI is InChI=1S/C39H27N5/c1-22-19-35(44-33-14-7-5-12-29(33)39(3,4)30-13-6-8-15-34(30)44)23(2)18-28(22)24-16-17-27-36-25(24)10-9-11-26(36)37-38(27)43-32(21-41)31(20-40)42-37/h5-19H,1-4H3. The predicted molar refractivity (Wildman–Crippen MR) is 175 cm³/mol. The van der Waals surface area contributed by atoms with Crippen LogP contribution in [0.1, 0.15) is 47.5 Å². The third kappa shape index (κ3) is 3.38. The normalized spacial score (nSPS) is 13.5. The fourth-order valence-electron chi connectivity index (χ4n) is 7.26. The lowest BCUT2D eigenvalue weighted by Gasteiger charge is -2.42. The molecule has 5 nitrogen and oxygen atoms in total. The Kier molecular flexibility index (Phi) is 5.36. The topological polar surface area (TPSA) is 76.6 Å². The van der Waals surface area contributed by atoms with Crippen molar-refractivity contribution >= 4 is 27.8 Å². The maximum Gasteiger partial charge on any atom is 0.177 e. The highest BCUT2D eigenvalue weighted by Gasteiger charge is 2.37. The minimum atomic E-state index is -0.111. The molecule has 2 aliphatic rings. The number of aromatic nitrogens is 2. The van der Waals surface area contributed by atoms with Crippen LogP contribution in [0.3, 0.4) is 0 Å². The van der Waals surface area contributed by atoms with Crippen molar-refractivity contribution in [2.24, 2.45) is 0 Å². The minimum Gasteiger partial charge on any atom is -0.310 e. The van der Waals surface area contributed by atoms with Crippen molar-refractivity contribution in [2.45, 2.75) is 33.1 Å². The minimum absolute atomic E-state index is 0.0580. The summed E-state index contributed by atoms with van der Waals surface area (Å²) >= 11 is 0. The lowest BCUT2D eigenvalue weighted by Crippen LogP contribution is -2.30. The second kappa shape index (κ2) is 9.11. The van der Waals surface area contributed by atoms with E-state index in [1.807, 2.05) is 24.3 Å². The highest BCUT2D eigenvalue weighted by Crippen LogP contribution is 2.53. The number of aryl methyl sites for hydroxylation is 2. The molecule has 1 aliphatic heterocycles. The molecule has 0 spiro atoms. The molecule has 0 saturated carbocycles. The predicted octanol–water partition coefficient (Wildman–Crippen LogP) is 9.41. The fourth-order valence-corrected chi connectivity index (χ4v) is 7.26. The third-order valence-corrected chi connectivity index (χ3v) is 9.37. The van der Waals surface area contributed by atoms with Gasteiger partial charge in [0.2, 0.25) is 0 Å². The van der Waals surface area contributed by atoms with Crippen LogP contribution in [-0.4, -0.2) is 9.97 Å². The van der Waals surface area contributed by atoms with E-state index in [1.165, 1.54) is 44.9 Å². The number of nitrogens with zero attached hydrogens (tertiary/aromatic N) is 5. The lowest BCUT2D eigenvalue weighted by atomic mass is 9.73. The zero-order valence-corrected chi connectivity index (χ0v) is 24.9. The molecule has 208 valence electrons. The number of rotatable bonds is 2. The molecule has 0 N–H and O–H groups in total. The van der Waals surface area contributed by atoms with Crippen molar-refractivity contribution in [3.05, 3.63) is 125 Å². The molecule has 0 amide bonds. The van der Waals surface area contributed by atoms with E-state index in [-0.39, 0.29) is 16.8 Å². The van der Waals surface area contributed by atoms with Crippen LogP contribution in [0.15, 0.2) is 91.0 Å². The first kappa shape index (κ1) is 25.9. The van der Waals surface area contributed by atoms with Crippen LogP contribution in [0, 0.1) is 36.5 Å². The number of nitriles is 2. The summed E-state index contributed by atoms with van der Waals surface area (Å²) in [5.41, 5.74) is 14.1. The van der Waals surface area contributed by atoms with E-state index >= 15 is 0 Å². The van der Waals surface area contributed by atoms with E-state index in [4.69, 9.17) is 0 Å². The molecule has 8 rings (SSSR count). The molecule has 0 fully saturated rings. The Morgan fingerprint density at radius 1 is 0.591 bits per heavy atom. The molecular weight excluding hydrogens is 538 g/mol. The van der Waals surface area contributed by atoms with Gasteiger partial charge in [0, 0.05) is 27.6 Å². The van der Waals surface area contributed by atoms with Gasteiger partial charge in [0.25, 0.3) is 0 Å². The average molecular weight is 566 g/mol. The summed E-state index contributed by atoms with van der Waals surface area (Å²) in [7, 11) is 0. The van der Waals surface area contributed by atoms with Crippen LogP contribution >= 0.6 is 0 Å². The van der Waals surface area contributed by atoms with Gasteiger partial charge in [0.15, 0.2) is 11.4 Å². The molecule has 0 bridgehead atoms. The van der Waals surface area contributed by atoms with Gasteiger partial charge in [-0.1, -0.05) is 80.6 Å². The first-order valence-electron chi connectivity index (χ1n) is 14.7. The van der Waals surface area contributed by atoms with Crippen molar-refractivity contribution in [1.29, 1.82) is 10.5 Å². The van der Waals surface area contributed by atoms with Gasteiger partial charge in [0.05, 0.1) is 22.8 Å². The van der Waals surface area contributed by atoms with E-state index < -0.39 is 0 Å². The largest absolute Gasteiger partial charge is 0.310 e. The van der Waals surface area contributed by atoms with Crippen LogP contribution < -0.4 is 4.90 Å². The van der Waals surface area contributed by atoms with Gasteiger partial charge in [-0.25, -0.2) is 9.97 Å². The number of para-hydroxylation sites is 2. The first-order valence-corrected chi connectivity index (χ1v) is 14.7. The fraction of sp³-hybridized carbons (Fsp3) is 0.128. The van der Waals surface area contributed by atoms with Crippen molar-refractivity contribution in [2.75, 3.05) is 4.90 Å². The van der Waals surface area contributed by atoms with Gasteiger partial charge in [-0.3, -0.25) is 0 Å². The molecule has 0 atom stereocenters. The zero-order valence-electron chi connectivity index (χ0n) is 24.9. The average Bonchev–Trinajstić information content (AvgIpc) is 3.36. The number of anilines is 3. The Morgan fingerprint density at radius 3 is 1.77 bits per heavy atom. The molecule has 44 heavy (non-hydrogen) atoms. The van der Waals surface area contributed by atoms with Gasteiger partial charge < -0.3 is 4.90 Å². The Labute approximate surface area is 256 Å². The van der Waals surface area contributed by atoms with Gasteiger partial charge in [-0.2, -0.15) is 10.5 Å². The number of fused-ring (bicyclic) bond motifs is 5. The molecule has 1 aliphatic carbocycles. The highest BCUT2D eigenvalue weighted by atomic mass is 15.2. The second-order valence-corrected chi connectivity index (χ2v) is 12.2. The molecular formula is C39H27N5. The Hall–Kier alpha value is -5.78. The summed E-state index contributed by atoms with van der Waals surface area (Å²) in [6, 6.07) is 36.6. The summed E-state index contributed by atoms with van der Waals surface area (Å²) < 4.78 is 0. The van der Waals surface area contributed by atoms with E-state index in [2.05, 4.69) is 121 Å². The van der Waals surface area contributed by atoms with Crippen LogP contribution in [-0.2, 0) is 5.41 Å².